The van der Waals surface area contributed by atoms with Gasteiger partial charge in [-0.25, -0.2) is 9.78 Å². The number of nitrogens with one attached hydrogen (secondary N) is 2. The average molecular weight is 343 g/mol. The third kappa shape index (κ3) is 4.36. The molecule has 7 nitrogen and oxygen atoms in total. The number of carbonyl (C=O) groups is 1. The van der Waals surface area contributed by atoms with Gasteiger partial charge in [0.2, 0.25) is 0 Å². The van der Waals surface area contributed by atoms with E-state index in [1.807, 2.05) is 31.2 Å². The van der Waals surface area contributed by atoms with Crippen LogP contribution in [0.1, 0.15) is 31.2 Å². The van der Waals surface area contributed by atoms with Crippen LogP contribution in [0.4, 0.5) is 4.79 Å². The number of rotatable bonds is 4. The first kappa shape index (κ1) is 17.4. The molecule has 1 aromatic carbocycles. The van der Waals surface area contributed by atoms with Crippen molar-refractivity contribution in [1.29, 1.82) is 0 Å². The van der Waals surface area contributed by atoms with Crippen molar-refractivity contribution in [3.8, 4) is 11.4 Å². The molecule has 1 fully saturated rings. The summed E-state index contributed by atoms with van der Waals surface area (Å²) in [6, 6.07) is 7.76. The summed E-state index contributed by atoms with van der Waals surface area (Å²) in [5.74, 6) is 1.59. The van der Waals surface area contributed by atoms with Crippen LogP contribution in [0.25, 0.3) is 11.4 Å². The van der Waals surface area contributed by atoms with Gasteiger partial charge in [0.05, 0.1) is 6.10 Å². The van der Waals surface area contributed by atoms with Gasteiger partial charge in [-0.05, 0) is 38.3 Å². The molecule has 25 heavy (non-hydrogen) atoms. The zero-order chi connectivity index (χ0) is 17.8. The summed E-state index contributed by atoms with van der Waals surface area (Å²) >= 11 is 0. The van der Waals surface area contributed by atoms with Crippen LogP contribution in [0.2, 0.25) is 0 Å². The van der Waals surface area contributed by atoms with Crippen LogP contribution >= 0.6 is 0 Å². The van der Waals surface area contributed by atoms with E-state index < -0.39 is 0 Å². The van der Waals surface area contributed by atoms with E-state index in [1.165, 1.54) is 0 Å². The Balaban J connectivity index is 1.59. The van der Waals surface area contributed by atoms with Crippen molar-refractivity contribution in [3.05, 3.63) is 35.7 Å². The third-order valence-electron chi connectivity index (χ3n) is 4.65. The Morgan fingerprint density at radius 2 is 2.36 bits per heavy atom. The van der Waals surface area contributed by atoms with Crippen LogP contribution in [-0.4, -0.2) is 50.4 Å². The number of nitrogens with zero attached hydrogens (tertiary/aromatic N) is 3. The molecule has 3 rings (SSSR count). The Hall–Kier alpha value is -2.41. The highest BCUT2D eigenvalue weighted by Gasteiger charge is 2.26. The first-order chi connectivity index (χ1) is 12.0. The van der Waals surface area contributed by atoms with E-state index in [1.54, 1.807) is 11.8 Å². The lowest BCUT2D eigenvalue weighted by Crippen LogP contribution is -2.47. The van der Waals surface area contributed by atoms with Crippen LogP contribution in [0.15, 0.2) is 24.3 Å². The average Bonchev–Trinajstić information content (AvgIpc) is 3.06. The van der Waals surface area contributed by atoms with Crippen molar-refractivity contribution in [3.63, 3.8) is 0 Å². The van der Waals surface area contributed by atoms with E-state index in [0.717, 1.165) is 36.3 Å². The summed E-state index contributed by atoms with van der Waals surface area (Å²) in [6.45, 7) is 5.46. The van der Waals surface area contributed by atoms with Crippen molar-refractivity contribution in [2.75, 3.05) is 13.1 Å². The predicted molar refractivity (Wildman–Crippen MR) is 94.8 cm³/mol. The smallest absolute Gasteiger partial charge is 0.317 e. The third-order valence-corrected chi connectivity index (χ3v) is 4.65. The minimum absolute atomic E-state index is 0.0792. The molecule has 2 aromatic rings. The number of aromatic nitrogens is 3. The van der Waals surface area contributed by atoms with E-state index in [-0.39, 0.29) is 18.1 Å². The molecule has 2 unspecified atom stereocenters. The van der Waals surface area contributed by atoms with E-state index in [9.17, 15) is 9.90 Å². The summed E-state index contributed by atoms with van der Waals surface area (Å²) in [6.07, 6.45) is 1.53. The number of hydrogen-bond acceptors (Lipinski definition) is 4. The highest BCUT2D eigenvalue weighted by molar-refractivity contribution is 5.74. The maximum atomic E-state index is 12.4. The van der Waals surface area contributed by atoms with E-state index in [4.69, 9.17) is 0 Å². The highest BCUT2D eigenvalue weighted by Crippen LogP contribution is 2.20. The number of aliphatic hydroxyl groups is 1. The normalized spacial score (nSPS) is 18.8. The fourth-order valence-electron chi connectivity index (χ4n) is 3.17. The van der Waals surface area contributed by atoms with Gasteiger partial charge in [-0.15, -0.1) is 0 Å². The van der Waals surface area contributed by atoms with Crippen molar-refractivity contribution >= 4 is 6.03 Å². The number of amides is 2. The molecule has 0 saturated carbocycles. The lowest BCUT2D eigenvalue weighted by molar-refractivity contribution is 0.0738. The Morgan fingerprint density at radius 3 is 3.08 bits per heavy atom. The monoisotopic (exact) mass is 343 g/mol. The number of likely N-dealkylation sites (tertiary alicyclic amines) is 1. The molecule has 7 heteroatoms. The van der Waals surface area contributed by atoms with Crippen LogP contribution < -0.4 is 5.32 Å². The van der Waals surface area contributed by atoms with Crippen molar-refractivity contribution in [2.24, 2.45) is 5.92 Å². The number of aliphatic hydroxyl groups excluding tert-OH is 1. The van der Waals surface area contributed by atoms with Gasteiger partial charge in [-0.3, -0.25) is 5.10 Å². The van der Waals surface area contributed by atoms with Gasteiger partial charge in [-0.2, -0.15) is 5.10 Å². The largest absolute Gasteiger partial charge is 0.393 e. The molecule has 1 aromatic heterocycles. The zero-order valence-electron chi connectivity index (χ0n) is 14.7. The van der Waals surface area contributed by atoms with Crippen molar-refractivity contribution < 1.29 is 9.90 Å². The number of aryl methyl sites for hydroxylation is 1. The quantitative estimate of drug-likeness (QED) is 0.792. The zero-order valence-corrected chi connectivity index (χ0v) is 14.7. The second-order valence-electron chi connectivity index (χ2n) is 6.69. The molecule has 0 aliphatic carbocycles. The number of H-pyrrole nitrogens is 1. The summed E-state index contributed by atoms with van der Waals surface area (Å²) in [5.41, 5.74) is 1.92. The highest BCUT2D eigenvalue weighted by atomic mass is 16.3. The van der Waals surface area contributed by atoms with Gasteiger partial charge in [0, 0.05) is 31.1 Å². The number of benzene rings is 1. The molecule has 0 bridgehead atoms. The molecule has 2 amide bonds. The van der Waals surface area contributed by atoms with Crippen molar-refractivity contribution in [1.82, 2.24) is 25.4 Å². The van der Waals surface area contributed by atoms with Crippen LogP contribution in [0, 0.1) is 12.8 Å². The van der Waals surface area contributed by atoms with Gasteiger partial charge in [0.15, 0.2) is 5.82 Å². The molecule has 134 valence electrons. The molecule has 0 radical (unpaired) electrons. The lowest BCUT2D eigenvalue weighted by Gasteiger charge is -2.34. The predicted octanol–water partition coefficient (Wildman–Crippen LogP) is 2.08. The molecule has 1 saturated heterocycles. The second-order valence-corrected chi connectivity index (χ2v) is 6.69. The van der Waals surface area contributed by atoms with Crippen LogP contribution in [0.3, 0.4) is 0 Å². The molecular weight excluding hydrogens is 318 g/mol. The number of carbonyl (C=O) groups excluding carboxylic acids is 1. The Kier molecular flexibility index (Phi) is 5.33. The maximum absolute atomic E-state index is 12.4. The molecule has 2 heterocycles. The fraction of sp³-hybridized carbons (Fsp3) is 0.500. The minimum Gasteiger partial charge on any atom is -0.393 e. The number of piperidine rings is 1. The Labute approximate surface area is 147 Å². The van der Waals surface area contributed by atoms with Gasteiger partial charge in [-0.1, -0.05) is 18.2 Å². The molecule has 3 N–H and O–H groups in total. The summed E-state index contributed by atoms with van der Waals surface area (Å²) in [5, 5.41) is 19.7. The van der Waals surface area contributed by atoms with E-state index in [0.29, 0.717) is 18.9 Å². The van der Waals surface area contributed by atoms with E-state index >= 15 is 0 Å². The van der Waals surface area contributed by atoms with Crippen LogP contribution in [0.5, 0.6) is 0 Å². The number of hydrogen-bond donors (Lipinski definition) is 3. The summed E-state index contributed by atoms with van der Waals surface area (Å²) < 4.78 is 0. The first-order valence-electron chi connectivity index (χ1n) is 8.72. The fourth-order valence-corrected chi connectivity index (χ4v) is 3.17. The molecular formula is C18H25N5O2. The molecule has 0 spiro atoms. The van der Waals surface area contributed by atoms with E-state index in [2.05, 4.69) is 20.5 Å². The molecule has 1 aliphatic rings. The Bertz CT molecular complexity index is 728. The molecule has 2 atom stereocenters. The topological polar surface area (TPSA) is 94.1 Å². The van der Waals surface area contributed by atoms with Gasteiger partial charge < -0.3 is 15.3 Å². The van der Waals surface area contributed by atoms with Gasteiger partial charge >= 0.3 is 6.03 Å². The summed E-state index contributed by atoms with van der Waals surface area (Å²) in [7, 11) is 0. The molecule has 1 aliphatic heterocycles. The summed E-state index contributed by atoms with van der Waals surface area (Å²) in [4.78, 5) is 18.5. The minimum atomic E-state index is -0.378. The lowest BCUT2D eigenvalue weighted by atomic mass is 9.94. The maximum Gasteiger partial charge on any atom is 0.317 e. The number of urea groups is 1. The second kappa shape index (κ2) is 7.65. The van der Waals surface area contributed by atoms with Crippen molar-refractivity contribution in [2.45, 2.75) is 39.3 Å². The Morgan fingerprint density at radius 1 is 1.52 bits per heavy atom. The van der Waals surface area contributed by atoms with Gasteiger partial charge in [0.1, 0.15) is 5.82 Å². The standard InChI is InChI=1S/C18H25N5O2/c1-12(24)16-7-4-8-23(11-16)18(25)19-10-14-5-3-6-15(9-14)17-20-13(2)21-22-17/h3,5-6,9,12,16,24H,4,7-8,10-11H2,1-2H3,(H,19,25)(H,20,21,22). The first-order valence-corrected chi connectivity index (χ1v) is 8.72. The number of aromatic amines is 1. The SMILES string of the molecule is Cc1nc(-c2cccc(CNC(=O)N3CCCC(C(C)O)C3)c2)n[nH]1. The van der Waals surface area contributed by atoms with Crippen LogP contribution in [-0.2, 0) is 6.54 Å². The van der Waals surface area contributed by atoms with Gasteiger partial charge in [0.25, 0.3) is 0 Å².